The van der Waals surface area contributed by atoms with E-state index in [9.17, 15) is 26.4 Å². The summed E-state index contributed by atoms with van der Waals surface area (Å²) < 4.78 is 68.0. The minimum Gasteiger partial charge on any atom is -0.341 e. The van der Waals surface area contributed by atoms with Gasteiger partial charge in [0.25, 0.3) is 10.0 Å². The second-order valence-corrected chi connectivity index (χ2v) is 10.6. The molecule has 10 heteroatoms. The van der Waals surface area contributed by atoms with Crippen LogP contribution in [0.4, 0.5) is 18.9 Å². The van der Waals surface area contributed by atoms with E-state index < -0.39 is 39.2 Å². The molecule has 0 aromatic heterocycles. The summed E-state index contributed by atoms with van der Waals surface area (Å²) >= 11 is 5.73. The van der Waals surface area contributed by atoms with Gasteiger partial charge in [-0.1, -0.05) is 48.6 Å². The fourth-order valence-corrected chi connectivity index (χ4v) is 5.58. The number of likely N-dealkylation sites (N-methyl/N-ethyl adjacent to an activating group) is 1. The third-order valence-electron chi connectivity index (χ3n) is 5.95. The van der Waals surface area contributed by atoms with Gasteiger partial charge >= 0.3 is 6.18 Å². The van der Waals surface area contributed by atoms with E-state index in [4.69, 9.17) is 11.6 Å². The van der Waals surface area contributed by atoms with Gasteiger partial charge in [-0.25, -0.2) is 8.42 Å². The summed E-state index contributed by atoms with van der Waals surface area (Å²) in [5.41, 5.74) is -0.629. The number of anilines is 1. The van der Waals surface area contributed by atoms with Crippen LogP contribution < -0.4 is 4.31 Å². The first-order valence-electron chi connectivity index (χ1n) is 10.6. The number of sulfonamides is 1. The molecule has 0 radical (unpaired) electrons. The van der Waals surface area contributed by atoms with Crippen LogP contribution in [-0.4, -0.2) is 38.9 Å². The molecule has 2 aromatic rings. The first-order chi connectivity index (χ1) is 15.4. The van der Waals surface area contributed by atoms with Gasteiger partial charge in [0.2, 0.25) is 5.91 Å². The zero-order chi connectivity index (χ0) is 24.4. The highest BCUT2D eigenvalue weighted by Gasteiger charge is 2.36. The Kier molecular flexibility index (Phi) is 7.63. The summed E-state index contributed by atoms with van der Waals surface area (Å²) in [6.07, 6.45) is -0.134. The number of rotatable bonds is 6. The number of amides is 1. The van der Waals surface area contributed by atoms with E-state index in [1.165, 1.54) is 23.1 Å². The van der Waals surface area contributed by atoms with Crippen molar-refractivity contribution in [1.29, 1.82) is 0 Å². The van der Waals surface area contributed by atoms with Crippen molar-refractivity contribution in [2.75, 3.05) is 17.9 Å². The summed E-state index contributed by atoms with van der Waals surface area (Å²) in [5, 5.41) is -0.551. The van der Waals surface area contributed by atoms with E-state index in [1.807, 2.05) is 0 Å². The van der Waals surface area contributed by atoms with Gasteiger partial charge in [0.1, 0.15) is 6.54 Å². The Labute approximate surface area is 197 Å². The van der Waals surface area contributed by atoms with E-state index in [2.05, 4.69) is 0 Å². The molecular weight excluding hydrogens is 477 g/mol. The molecule has 180 valence electrons. The molecule has 0 unspecified atom stereocenters. The number of hydrogen-bond acceptors (Lipinski definition) is 3. The molecular formula is C23H26ClF3N2O3S. The first kappa shape index (κ1) is 25.4. The molecule has 33 heavy (non-hydrogen) atoms. The second kappa shape index (κ2) is 9.93. The zero-order valence-electron chi connectivity index (χ0n) is 18.4. The van der Waals surface area contributed by atoms with Crippen LogP contribution in [0, 0.1) is 6.92 Å². The molecule has 0 aliphatic heterocycles. The monoisotopic (exact) mass is 502 g/mol. The van der Waals surface area contributed by atoms with Crippen LogP contribution in [0.2, 0.25) is 5.02 Å². The van der Waals surface area contributed by atoms with E-state index in [-0.39, 0.29) is 16.6 Å². The molecule has 0 heterocycles. The smallest absolute Gasteiger partial charge is 0.341 e. The first-order valence-corrected chi connectivity index (χ1v) is 12.4. The molecule has 0 atom stereocenters. The minimum absolute atomic E-state index is 0.0221. The predicted octanol–water partition coefficient (Wildman–Crippen LogP) is 5.65. The van der Waals surface area contributed by atoms with Gasteiger partial charge in [-0.15, -0.1) is 0 Å². The Morgan fingerprint density at radius 3 is 2.24 bits per heavy atom. The molecule has 3 rings (SSSR count). The van der Waals surface area contributed by atoms with Crippen LogP contribution in [0.1, 0.15) is 43.2 Å². The van der Waals surface area contributed by atoms with Crippen LogP contribution in [0.5, 0.6) is 0 Å². The SMILES string of the molecule is Cc1ccc(S(=O)(=O)N(CC(=O)N(C)C2CCCCC2)c2ccc(Cl)c(C(F)(F)F)c2)cc1. The lowest BCUT2D eigenvalue weighted by Crippen LogP contribution is -2.46. The Hall–Kier alpha value is -2.26. The lowest BCUT2D eigenvalue weighted by Gasteiger charge is -2.33. The average molecular weight is 503 g/mol. The molecule has 2 aromatic carbocycles. The quantitative estimate of drug-likeness (QED) is 0.512. The summed E-state index contributed by atoms with van der Waals surface area (Å²) in [6.45, 7) is 1.16. The summed E-state index contributed by atoms with van der Waals surface area (Å²) in [6, 6.07) is 8.73. The van der Waals surface area contributed by atoms with Crippen LogP contribution in [0.3, 0.4) is 0 Å². The maximum absolute atomic E-state index is 13.5. The highest BCUT2D eigenvalue weighted by atomic mass is 35.5. The van der Waals surface area contributed by atoms with Gasteiger partial charge in [0.15, 0.2) is 0 Å². The molecule has 1 amide bonds. The lowest BCUT2D eigenvalue weighted by atomic mass is 9.94. The van der Waals surface area contributed by atoms with Gasteiger partial charge in [-0.3, -0.25) is 9.10 Å². The standard InChI is InChI=1S/C23H26ClF3N2O3S/c1-16-8-11-19(12-9-16)33(31,32)29(15-22(30)28(2)17-6-4-3-5-7-17)18-10-13-21(24)20(14-18)23(25,26)27/h8-14,17H,3-7,15H2,1-2H3. The molecule has 1 saturated carbocycles. The van der Waals surface area contributed by atoms with Gasteiger partial charge in [0, 0.05) is 13.1 Å². The topological polar surface area (TPSA) is 57.7 Å². The molecule has 0 spiro atoms. The van der Waals surface area contributed by atoms with Crippen molar-refractivity contribution < 1.29 is 26.4 Å². The van der Waals surface area contributed by atoms with Crippen LogP contribution in [-0.2, 0) is 21.0 Å². The number of carbonyl (C=O) groups is 1. The van der Waals surface area contributed by atoms with Crippen molar-refractivity contribution in [2.24, 2.45) is 0 Å². The molecule has 0 bridgehead atoms. The highest BCUT2D eigenvalue weighted by Crippen LogP contribution is 2.38. The number of carbonyl (C=O) groups excluding carboxylic acids is 1. The van der Waals surface area contributed by atoms with E-state index in [0.717, 1.165) is 48.0 Å². The lowest BCUT2D eigenvalue weighted by molar-refractivity contribution is -0.137. The summed E-state index contributed by atoms with van der Waals surface area (Å²) in [7, 11) is -2.72. The van der Waals surface area contributed by atoms with Crippen LogP contribution in [0.25, 0.3) is 0 Å². The number of aryl methyl sites for hydroxylation is 1. The highest BCUT2D eigenvalue weighted by molar-refractivity contribution is 7.92. The average Bonchev–Trinajstić information content (AvgIpc) is 2.77. The number of alkyl halides is 3. The Balaban J connectivity index is 2.03. The normalized spacial score (nSPS) is 15.3. The van der Waals surface area contributed by atoms with E-state index in [1.54, 1.807) is 26.1 Å². The van der Waals surface area contributed by atoms with Crippen molar-refractivity contribution in [3.05, 3.63) is 58.6 Å². The van der Waals surface area contributed by atoms with Crippen molar-refractivity contribution in [3.63, 3.8) is 0 Å². The van der Waals surface area contributed by atoms with Gasteiger partial charge < -0.3 is 4.90 Å². The van der Waals surface area contributed by atoms with Gasteiger partial charge in [0.05, 0.1) is 21.2 Å². The van der Waals surface area contributed by atoms with Crippen molar-refractivity contribution in [2.45, 2.75) is 56.1 Å². The minimum atomic E-state index is -4.78. The predicted molar refractivity (Wildman–Crippen MR) is 122 cm³/mol. The zero-order valence-corrected chi connectivity index (χ0v) is 20.0. The molecule has 1 aliphatic rings. The van der Waals surface area contributed by atoms with Crippen molar-refractivity contribution in [3.8, 4) is 0 Å². The third kappa shape index (κ3) is 5.81. The maximum Gasteiger partial charge on any atom is 0.417 e. The van der Waals surface area contributed by atoms with E-state index >= 15 is 0 Å². The number of halogens is 4. The van der Waals surface area contributed by atoms with Crippen molar-refractivity contribution in [1.82, 2.24) is 4.90 Å². The second-order valence-electron chi connectivity index (χ2n) is 8.28. The Bertz CT molecular complexity index is 1100. The fraction of sp³-hybridized carbons (Fsp3) is 0.435. The van der Waals surface area contributed by atoms with Gasteiger partial charge in [-0.2, -0.15) is 13.2 Å². The van der Waals surface area contributed by atoms with E-state index in [0.29, 0.717) is 6.07 Å². The molecule has 0 N–H and O–H groups in total. The molecule has 5 nitrogen and oxygen atoms in total. The number of benzene rings is 2. The molecule has 1 aliphatic carbocycles. The van der Waals surface area contributed by atoms with Crippen LogP contribution in [0.15, 0.2) is 47.4 Å². The number of hydrogen-bond donors (Lipinski definition) is 0. The Morgan fingerprint density at radius 1 is 1.06 bits per heavy atom. The summed E-state index contributed by atoms with van der Waals surface area (Å²) in [4.78, 5) is 14.5. The fourth-order valence-electron chi connectivity index (χ4n) is 3.94. The molecule has 1 fully saturated rings. The third-order valence-corrected chi connectivity index (χ3v) is 8.06. The molecule has 0 saturated heterocycles. The van der Waals surface area contributed by atoms with Crippen molar-refractivity contribution >= 4 is 33.2 Å². The Morgan fingerprint density at radius 2 is 1.67 bits per heavy atom. The summed E-state index contributed by atoms with van der Waals surface area (Å²) in [5.74, 6) is -0.485. The maximum atomic E-state index is 13.5. The largest absolute Gasteiger partial charge is 0.417 e. The van der Waals surface area contributed by atoms with Crippen LogP contribution >= 0.6 is 11.6 Å². The number of nitrogens with zero attached hydrogens (tertiary/aromatic N) is 2. The van der Waals surface area contributed by atoms with Gasteiger partial charge in [-0.05, 0) is 50.1 Å².